The zero-order valence-corrected chi connectivity index (χ0v) is 16.6. The average Bonchev–Trinajstić information content (AvgIpc) is 3.33. The number of rotatable bonds is 3. The molecule has 0 radical (unpaired) electrons. The summed E-state index contributed by atoms with van der Waals surface area (Å²) in [6.45, 7) is 0. The van der Waals surface area contributed by atoms with E-state index in [1.54, 1.807) is 17.1 Å². The van der Waals surface area contributed by atoms with Crippen molar-refractivity contribution in [1.29, 1.82) is 5.26 Å². The molecule has 6 nitrogen and oxygen atoms in total. The van der Waals surface area contributed by atoms with Crippen molar-refractivity contribution in [2.45, 2.75) is 25.4 Å². The standard InChI is InChI=1S/C22H18ClN5O/c1-27-13-17(12-25-27)28-20-9-22(19(23)8-16(20)11-26-28)29-21-4-2-3-15-7-14(10-24)5-6-18(15)21/h5-9,11-13,21H,2-4H2,1H3. The first-order valence-electron chi connectivity index (χ1n) is 9.48. The third-order valence-corrected chi connectivity index (χ3v) is 5.65. The molecule has 4 aromatic rings. The number of hydrogen-bond acceptors (Lipinski definition) is 4. The van der Waals surface area contributed by atoms with Gasteiger partial charge >= 0.3 is 0 Å². The van der Waals surface area contributed by atoms with E-state index in [1.165, 1.54) is 5.56 Å². The number of aryl methyl sites for hydroxylation is 2. The van der Waals surface area contributed by atoms with E-state index >= 15 is 0 Å². The summed E-state index contributed by atoms with van der Waals surface area (Å²) in [6.07, 6.45) is 8.27. The second-order valence-electron chi connectivity index (χ2n) is 7.29. The van der Waals surface area contributed by atoms with Crippen LogP contribution in [0.1, 0.15) is 35.6 Å². The number of nitriles is 1. The van der Waals surface area contributed by atoms with Crippen LogP contribution in [0.2, 0.25) is 5.02 Å². The number of nitrogens with zero attached hydrogens (tertiary/aromatic N) is 5. The minimum Gasteiger partial charge on any atom is -0.484 e. The summed E-state index contributed by atoms with van der Waals surface area (Å²) in [4.78, 5) is 0. The molecular weight excluding hydrogens is 386 g/mol. The van der Waals surface area contributed by atoms with Crippen molar-refractivity contribution >= 4 is 22.5 Å². The van der Waals surface area contributed by atoms with Crippen molar-refractivity contribution in [3.63, 3.8) is 0 Å². The van der Waals surface area contributed by atoms with Crippen LogP contribution in [0.15, 0.2) is 48.9 Å². The van der Waals surface area contributed by atoms with E-state index in [-0.39, 0.29) is 6.10 Å². The Morgan fingerprint density at radius 3 is 2.90 bits per heavy atom. The Labute approximate surface area is 172 Å². The first kappa shape index (κ1) is 17.8. The Balaban J connectivity index is 1.53. The highest BCUT2D eigenvalue weighted by Gasteiger charge is 2.23. The maximum absolute atomic E-state index is 9.17. The maximum Gasteiger partial charge on any atom is 0.141 e. The fraction of sp³-hybridized carbons (Fsp3) is 0.227. The molecule has 1 atom stereocenters. The van der Waals surface area contributed by atoms with E-state index in [0.29, 0.717) is 16.3 Å². The molecule has 1 aliphatic carbocycles. The van der Waals surface area contributed by atoms with Crippen LogP contribution in [0.3, 0.4) is 0 Å². The average molecular weight is 404 g/mol. The molecule has 2 heterocycles. The first-order valence-corrected chi connectivity index (χ1v) is 9.86. The molecule has 1 unspecified atom stereocenters. The molecule has 0 amide bonds. The van der Waals surface area contributed by atoms with Crippen LogP contribution in [0.5, 0.6) is 5.75 Å². The lowest BCUT2D eigenvalue weighted by atomic mass is 9.88. The van der Waals surface area contributed by atoms with Gasteiger partial charge in [0.2, 0.25) is 0 Å². The van der Waals surface area contributed by atoms with Gasteiger partial charge in [0.1, 0.15) is 17.5 Å². The van der Waals surface area contributed by atoms with E-state index < -0.39 is 0 Å². The first-order chi connectivity index (χ1) is 14.1. The molecule has 2 aromatic heterocycles. The molecule has 0 spiro atoms. The lowest BCUT2D eigenvalue weighted by Gasteiger charge is -2.27. The zero-order chi connectivity index (χ0) is 20.0. The van der Waals surface area contributed by atoms with Crippen LogP contribution in [0.25, 0.3) is 16.6 Å². The number of fused-ring (bicyclic) bond motifs is 2. The summed E-state index contributed by atoms with van der Waals surface area (Å²) < 4.78 is 9.96. The van der Waals surface area contributed by atoms with E-state index in [0.717, 1.165) is 41.4 Å². The second kappa shape index (κ2) is 6.94. The molecule has 0 bridgehead atoms. The number of halogens is 1. The van der Waals surface area contributed by atoms with Gasteiger partial charge in [-0.3, -0.25) is 4.68 Å². The van der Waals surface area contributed by atoms with Gasteiger partial charge in [0.25, 0.3) is 0 Å². The van der Waals surface area contributed by atoms with Gasteiger partial charge in [-0.1, -0.05) is 17.7 Å². The Morgan fingerprint density at radius 1 is 1.21 bits per heavy atom. The fourth-order valence-electron chi connectivity index (χ4n) is 3.96. The van der Waals surface area contributed by atoms with Crippen LogP contribution >= 0.6 is 11.6 Å². The molecule has 144 valence electrons. The predicted octanol–water partition coefficient (Wildman–Crippen LogP) is 4.74. The van der Waals surface area contributed by atoms with Crippen LogP contribution in [-0.4, -0.2) is 19.6 Å². The van der Waals surface area contributed by atoms with Crippen LogP contribution < -0.4 is 4.74 Å². The third kappa shape index (κ3) is 3.14. The molecule has 29 heavy (non-hydrogen) atoms. The minimum absolute atomic E-state index is 0.0868. The number of hydrogen-bond donors (Lipinski definition) is 0. The lowest BCUT2D eigenvalue weighted by molar-refractivity contribution is 0.184. The van der Waals surface area contributed by atoms with Gasteiger partial charge in [0.05, 0.1) is 40.8 Å². The van der Waals surface area contributed by atoms with Crippen molar-refractivity contribution in [2.75, 3.05) is 0 Å². The largest absolute Gasteiger partial charge is 0.484 e. The molecule has 0 saturated carbocycles. The Bertz CT molecular complexity index is 1270. The maximum atomic E-state index is 9.17. The van der Waals surface area contributed by atoms with Gasteiger partial charge in [-0.25, -0.2) is 4.68 Å². The summed E-state index contributed by atoms with van der Waals surface area (Å²) in [6, 6.07) is 11.9. The lowest BCUT2D eigenvalue weighted by Crippen LogP contribution is -2.15. The third-order valence-electron chi connectivity index (χ3n) is 5.36. The van der Waals surface area contributed by atoms with Crippen LogP contribution in [-0.2, 0) is 13.5 Å². The quantitative estimate of drug-likeness (QED) is 0.495. The molecule has 2 aromatic carbocycles. The number of ether oxygens (including phenoxy) is 1. The monoisotopic (exact) mass is 403 g/mol. The van der Waals surface area contributed by atoms with Gasteiger partial charge in [-0.2, -0.15) is 15.5 Å². The van der Waals surface area contributed by atoms with E-state index in [1.807, 2.05) is 48.3 Å². The van der Waals surface area contributed by atoms with E-state index in [2.05, 4.69) is 16.3 Å². The molecule has 7 heteroatoms. The molecule has 0 aliphatic heterocycles. The zero-order valence-electron chi connectivity index (χ0n) is 15.8. The summed E-state index contributed by atoms with van der Waals surface area (Å²) >= 11 is 6.54. The Morgan fingerprint density at radius 2 is 2.10 bits per heavy atom. The van der Waals surface area contributed by atoms with E-state index in [9.17, 15) is 0 Å². The van der Waals surface area contributed by atoms with Crippen molar-refractivity contribution in [2.24, 2.45) is 7.05 Å². The Kier molecular flexibility index (Phi) is 4.26. The summed E-state index contributed by atoms with van der Waals surface area (Å²) in [7, 11) is 1.87. The highest BCUT2D eigenvalue weighted by Crippen LogP contribution is 2.38. The molecule has 0 N–H and O–H groups in total. The normalized spacial score (nSPS) is 15.8. The molecule has 0 fully saturated rings. The van der Waals surface area contributed by atoms with Crippen molar-refractivity contribution < 1.29 is 4.74 Å². The molecule has 5 rings (SSSR count). The van der Waals surface area contributed by atoms with Crippen LogP contribution in [0, 0.1) is 11.3 Å². The smallest absolute Gasteiger partial charge is 0.141 e. The van der Waals surface area contributed by atoms with Gasteiger partial charge in [0, 0.05) is 18.5 Å². The van der Waals surface area contributed by atoms with Crippen molar-refractivity contribution in [3.8, 4) is 17.5 Å². The van der Waals surface area contributed by atoms with Gasteiger partial charge in [-0.05, 0) is 48.6 Å². The van der Waals surface area contributed by atoms with Gasteiger partial charge in [-0.15, -0.1) is 0 Å². The number of aromatic nitrogens is 4. The SMILES string of the molecule is Cn1cc(-n2ncc3cc(Cl)c(OC4CCCc5cc(C#N)ccc54)cc32)cn1. The van der Waals surface area contributed by atoms with Crippen molar-refractivity contribution in [1.82, 2.24) is 19.6 Å². The highest BCUT2D eigenvalue weighted by atomic mass is 35.5. The summed E-state index contributed by atoms with van der Waals surface area (Å²) in [5, 5.41) is 19.4. The summed E-state index contributed by atoms with van der Waals surface area (Å²) in [5.41, 5.74) is 4.78. The topological polar surface area (TPSA) is 68.7 Å². The van der Waals surface area contributed by atoms with Gasteiger partial charge < -0.3 is 4.74 Å². The minimum atomic E-state index is -0.0868. The van der Waals surface area contributed by atoms with Crippen molar-refractivity contribution in [3.05, 3.63) is 70.6 Å². The van der Waals surface area contributed by atoms with Gasteiger partial charge in [0.15, 0.2) is 0 Å². The highest BCUT2D eigenvalue weighted by molar-refractivity contribution is 6.32. The van der Waals surface area contributed by atoms with Crippen LogP contribution in [0.4, 0.5) is 0 Å². The fourth-order valence-corrected chi connectivity index (χ4v) is 4.17. The Hall–Kier alpha value is -3.30. The molecule has 1 aliphatic rings. The summed E-state index contributed by atoms with van der Waals surface area (Å²) in [5.74, 6) is 0.631. The predicted molar refractivity (Wildman–Crippen MR) is 110 cm³/mol. The number of benzene rings is 2. The molecule has 0 saturated heterocycles. The molecular formula is C22H18ClN5O. The second-order valence-corrected chi connectivity index (χ2v) is 7.70. The van der Waals surface area contributed by atoms with E-state index in [4.69, 9.17) is 21.6 Å².